The van der Waals surface area contributed by atoms with Crippen molar-refractivity contribution >= 4 is 52.5 Å². The van der Waals surface area contributed by atoms with Gasteiger partial charge in [-0.25, -0.2) is 4.79 Å². The van der Waals surface area contributed by atoms with Crippen LogP contribution in [0, 0.1) is 0 Å². The summed E-state index contributed by atoms with van der Waals surface area (Å²) in [6.07, 6.45) is -0.532. The van der Waals surface area contributed by atoms with E-state index in [0.29, 0.717) is 16.6 Å². The first kappa shape index (κ1) is 17.1. The number of benzene rings is 1. The molecule has 10 heteroatoms. The highest BCUT2D eigenvalue weighted by Gasteiger charge is 2.32. The zero-order valence-corrected chi connectivity index (χ0v) is 14.9. The zero-order valence-electron chi connectivity index (χ0n) is 12.5. The number of thioether (sulfide) groups is 2. The van der Waals surface area contributed by atoms with Crippen LogP contribution in [-0.2, 0) is 9.53 Å². The summed E-state index contributed by atoms with van der Waals surface area (Å²) in [5.74, 6) is 0.402. The van der Waals surface area contributed by atoms with Crippen molar-refractivity contribution in [3.8, 4) is 0 Å². The van der Waals surface area contributed by atoms with Crippen molar-refractivity contribution in [2.24, 2.45) is 5.73 Å². The van der Waals surface area contributed by atoms with Crippen LogP contribution in [0.4, 0.5) is 10.5 Å². The van der Waals surface area contributed by atoms with Gasteiger partial charge in [-0.2, -0.15) is 0 Å². The first-order valence-corrected chi connectivity index (χ1v) is 9.81. The second-order valence-corrected chi connectivity index (χ2v) is 8.32. The highest BCUT2D eigenvalue weighted by Crippen LogP contribution is 2.30. The maximum absolute atomic E-state index is 12.0. The van der Waals surface area contributed by atoms with Crippen molar-refractivity contribution in [2.45, 2.75) is 14.8 Å². The van der Waals surface area contributed by atoms with E-state index in [2.05, 4.69) is 10.2 Å². The van der Waals surface area contributed by atoms with E-state index >= 15 is 0 Å². The van der Waals surface area contributed by atoms with Crippen LogP contribution in [0.2, 0.25) is 0 Å². The van der Waals surface area contributed by atoms with Crippen LogP contribution in [0.15, 0.2) is 39.0 Å². The number of nitrogens with two attached hydrogens (primary N) is 1. The van der Waals surface area contributed by atoms with E-state index in [1.54, 1.807) is 4.90 Å². The van der Waals surface area contributed by atoms with E-state index in [9.17, 15) is 9.59 Å². The minimum absolute atomic E-state index is 0.186. The zero-order chi connectivity index (χ0) is 16.9. The lowest BCUT2D eigenvalue weighted by Gasteiger charge is -2.12. The Balaban J connectivity index is 1.51. The number of ether oxygens (including phenoxy) is 1. The average molecular weight is 382 g/mol. The Kier molecular flexibility index (Phi) is 5.59. The maximum atomic E-state index is 12.0. The molecule has 0 saturated carbocycles. The fraction of sp³-hybridized carbons (Fsp3) is 0.286. The lowest BCUT2D eigenvalue weighted by molar-refractivity contribution is -0.115. The fourth-order valence-corrected chi connectivity index (χ4v) is 4.80. The SMILES string of the molecule is NC(=O)CSc1nnc(SC[C@@H]2CN(c3ccccc3)C(=O)O2)s1. The maximum Gasteiger partial charge on any atom is 0.414 e. The van der Waals surface area contributed by atoms with E-state index in [0.717, 1.165) is 10.0 Å². The number of anilines is 1. The summed E-state index contributed by atoms with van der Waals surface area (Å²) < 4.78 is 6.87. The molecule has 1 fully saturated rings. The molecule has 3 rings (SSSR count). The van der Waals surface area contributed by atoms with Crippen LogP contribution in [0.1, 0.15) is 0 Å². The monoisotopic (exact) mass is 382 g/mol. The highest BCUT2D eigenvalue weighted by atomic mass is 32.2. The lowest BCUT2D eigenvalue weighted by atomic mass is 10.3. The van der Waals surface area contributed by atoms with Gasteiger partial charge in [0.1, 0.15) is 6.10 Å². The second kappa shape index (κ2) is 7.86. The van der Waals surface area contributed by atoms with Crippen molar-refractivity contribution < 1.29 is 14.3 Å². The number of hydrogen-bond donors (Lipinski definition) is 1. The van der Waals surface area contributed by atoms with Gasteiger partial charge in [0.25, 0.3) is 0 Å². The molecule has 1 atom stereocenters. The van der Waals surface area contributed by atoms with Crippen molar-refractivity contribution in [3.63, 3.8) is 0 Å². The van der Waals surface area contributed by atoms with Gasteiger partial charge in [0.2, 0.25) is 5.91 Å². The Morgan fingerprint density at radius 2 is 2.00 bits per heavy atom. The number of nitrogens with zero attached hydrogens (tertiary/aromatic N) is 3. The molecular weight excluding hydrogens is 368 g/mol. The van der Waals surface area contributed by atoms with Crippen molar-refractivity contribution in [1.29, 1.82) is 0 Å². The predicted molar refractivity (Wildman–Crippen MR) is 94.6 cm³/mol. The normalized spacial score (nSPS) is 17.1. The van der Waals surface area contributed by atoms with Gasteiger partial charge in [-0.15, -0.1) is 10.2 Å². The predicted octanol–water partition coefficient (Wildman–Crippen LogP) is 2.23. The second-order valence-electron chi connectivity index (χ2n) is 4.85. The van der Waals surface area contributed by atoms with Crippen LogP contribution in [0.5, 0.6) is 0 Å². The van der Waals surface area contributed by atoms with Gasteiger partial charge in [-0.3, -0.25) is 9.69 Å². The minimum Gasteiger partial charge on any atom is -0.443 e. The summed E-state index contributed by atoms with van der Waals surface area (Å²) in [6, 6.07) is 9.43. The fourth-order valence-electron chi connectivity index (χ4n) is 2.04. The highest BCUT2D eigenvalue weighted by molar-refractivity contribution is 8.03. The molecular formula is C14H14N4O3S3. The summed E-state index contributed by atoms with van der Waals surface area (Å²) in [5, 5.41) is 8.05. The Morgan fingerprint density at radius 1 is 1.29 bits per heavy atom. The van der Waals surface area contributed by atoms with Gasteiger partial charge in [0, 0.05) is 11.4 Å². The molecule has 24 heavy (non-hydrogen) atoms. The van der Waals surface area contributed by atoms with E-state index in [-0.39, 0.29) is 23.9 Å². The summed E-state index contributed by atoms with van der Waals surface area (Å²) in [5.41, 5.74) is 5.93. The first-order valence-electron chi connectivity index (χ1n) is 7.02. The largest absolute Gasteiger partial charge is 0.443 e. The molecule has 2 N–H and O–H groups in total. The van der Waals surface area contributed by atoms with Crippen LogP contribution < -0.4 is 10.6 Å². The third-order valence-corrected chi connectivity index (χ3v) is 6.40. The molecule has 0 radical (unpaired) electrons. The molecule has 7 nitrogen and oxygen atoms in total. The molecule has 1 saturated heterocycles. The van der Waals surface area contributed by atoms with Gasteiger partial charge in [-0.1, -0.05) is 53.1 Å². The van der Waals surface area contributed by atoms with Crippen molar-refractivity contribution in [2.75, 3.05) is 23.0 Å². The summed E-state index contributed by atoms with van der Waals surface area (Å²) in [4.78, 5) is 24.4. The van der Waals surface area contributed by atoms with Gasteiger partial charge in [0.05, 0.1) is 12.3 Å². The number of rotatable bonds is 7. The number of cyclic esters (lactones) is 1. The standard InChI is InChI=1S/C14H14N4O3S3/c15-11(19)8-23-13-17-16-12(24-13)22-7-10-6-18(14(20)21-10)9-4-2-1-3-5-9/h1-5,10H,6-8H2,(H2,15,19)/t10-/m0/s1. The molecule has 1 aromatic carbocycles. The third kappa shape index (κ3) is 4.40. The van der Waals surface area contributed by atoms with Crippen LogP contribution >= 0.6 is 34.9 Å². The number of aromatic nitrogens is 2. The van der Waals surface area contributed by atoms with Gasteiger partial charge in [-0.05, 0) is 12.1 Å². The van der Waals surface area contributed by atoms with Crippen molar-refractivity contribution in [3.05, 3.63) is 30.3 Å². The number of amides is 2. The molecule has 1 aromatic heterocycles. The number of carbonyl (C=O) groups excluding carboxylic acids is 2. The molecule has 0 aliphatic carbocycles. The summed E-state index contributed by atoms with van der Waals surface area (Å²) in [6.45, 7) is 0.512. The average Bonchev–Trinajstić information content (AvgIpc) is 3.18. The van der Waals surface area contributed by atoms with Crippen LogP contribution in [-0.4, -0.2) is 46.4 Å². The van der Waals surface area contributed by atoms with Crippen LogP contribution in [0.3, 0.4) is 0 Å². The number of hydrogen-bond acceptors (Lipinski definition) is 8. The van der Waals surface area contributed by atoms with Crippen molar-refractivity contribution in [1.82, 2.24) is 10.2 Å². The Bertz CT molecular complexity index is 725. The number of carbonyl (C=O) groups is 2. The number of para-hydroxylation sites is 1. The van der Waals surface area contributed by atoms with E-state index in [1.165, 1.54) is 34.9 Å². The van der Waals surface area contributed by atoms with Gasteiger partial charge in [0.15, 0.2) is 8.68 Å². The molecule has 0 unspecified atom stereocenters. The Labute approximate surface area is 151 Å². The molecule has 2 aromatic rings. The summed E-state index contributed by atoms with van der Waals surface area (Å²) in [7, 11) is 0. The smallest absolute Gasteiger partial charge is 0.414 e. The molecule has 0 bridgehead atoms. The quantitative estimate of drug-likeness (QED) is 0.733. The molecule has 2 heterocycles. The molecule has 1 aliphatic rings. The van der Waals surface area contributed by atoms with E-state index in [4.69, 9.17) is 10.5 Å². The van der Waals surface area contributed by atoms with Gasteiger partial charge < -0.3 is 10.5 Å². The summed E-state index contributed by atoms with van der Waals surface area (Å²) >= 11 is 4.15. The molecule has 2 amide bonds. The minimum atomic E-state index is -0.386. The topological polar surface area (TPSA) is 98.4 Å². The van der Waals surface area contributed by atoms with E-state index < -0.39 is 0 Å². The lowest BCUT2D eigenvalue weighted by Crippen LogP contribution is -2.24. The molecule has 0 spiro atoms. The molecule has 1 aliphatic heterocycles. The van der Waals surface area contributed by atoms with E-state index in [1.807, 2.05) is 30.3 Å². The van der Waals surface area contributed by atoms with Gasteiger partial charge >= 0.3 is 6.09 Å². The molecule has 126 valence electrons. The Hall–Kier alpha value is -1.78. The first-order chi connectivity index (χ1) is 11.6. The number of primary amides is 1. The third-order valence-electron chi connectivity index (χ3n) is 3.06. The Morgan fingerprint density at radius 3 is 2.71 bits per heavy atom. The van der Waals surface area contributed by atoms with Crippen LogP contribution in [0.25, 0.3) is 0 Å².